The predicted octanol–water partition coefficient (Wildman–Crippen LogP) is 5.38. The highest BCUT2D eigenvalue weighted by Crippen LogP contribution is 2.70. The van der Waals surface area contributed by atoms with Crippen LogP contribution in [0.4, 0.5) is 4.39 Å². The van der Waals surface area contributed by atoms with Crippen molar-refractivity contribution in [1.82, 2.24) is 23.9 Å². The van der Waals surface area contributed by atoms with E-state index < -0.39 is 26.1 Å². The van der Waals surface area contributed by atoms with Gasteiger partial charge in [0.1, 0.15) is 24.4 Å². The molecule has 2 saturated carbocycles. The zero-order valence-corrected chi connectivity index (χ0v) is 25.1. The third-order valence-electron chi connectivity index (χ3n) is 8.70. The predicted molar refractivity (Wildman–Crippen MR) is 155 cm³/mol. The maximum atomic E-state index is 15.4. The van der Waals surface area contributed by atoms with Gasteiger partial charge in [-0.3, -0.25) is 9.36 Å². The first-order valence-electron chi connectivity index (χ1n) is 13.7. The quantitative estimate of drug-likeness (QED) is 0.211. The molecule has 11 heteroatoms. The van der Waals surface area contributed by atoms with Gasteiger partial charge in [0.15, 0.2) is 5.82 Å². The number of aryl methyl sites for hydroxylation is 1. The van der Waals surface area contributed by atoms with E-state index in [-0.39, 0.29) is 33.8 Å². The second-order valence-electron chi connectivity index (χ2n) is 12.8. The molecule has 3 heterocycles. The van der Waals surface area contributed by atoms with Crippen molar-refractivity contribution >= 4 is 30.6 Å². The molecule has 8 nitrogen and oxygen atoms in total. The minimum Gasteiger partial charge on any atom is -0.390 e. The van der Waals surface area contributed by atoms with E-state index in [1.807, 2.05) is 29.8 Å². The number of benzene rings is 1. The average molecular weight is 584 g/mol. The van der Waals surface area contributed by atoms with E-state index >= 15 is 4.39 Å². The second kappa shape index (κ2) is 9.65. The summed E-state index contributed by atoms with van der Waals surface area (Å²) in [6.45, 7) is 6.60. The molecule has 0 radical (unpaired) electrons. The van der Waals surface area contributed by atoms with E-state index in [0.29, 0.717) is 17.7 Å². The molecule has 0 saturated heterocycles. The molecule has 1 N–H and O–H groups in total. The van der Waals surface area contributed by atoms with Crippen molar-refractivity contribution in [2.45, 2.75) is 70.1 Å². The monoisotopic (exact) mass is 583 g/mol. The van der Waals surface area contributed by atoms with Crippen molar-refractivity contribution in [3.63, 3.8) is 0 Å². The van der Waals surface area contributed by atoms with Crippen molar-refractivity contribution in [3.8, 4) is 5.69 Å². The molecule has 1 spiro atoms. The first-order chi connectivity index (χ1) is 19.0. The smallest absolute Gasteiger partial charge is 0.279 e. The molecule has 2 fully saturated rings. The van der Waals surface area contributed by atoms with Crippen molar-refractivity contribution in [1.29, 1.82) is 0 Å². The van der Waals surface area contributed by atoms with Gasteiger partial charge < -0.3 is 19.0 Å². The molecule has 4 aromatic rings. The Kier molecular flexibility index (Phi) is 6.60. The van der Waals surface area contributed by atoms with Crippen molar-refractivity contribution in [3.05, 3.63) is 75.1 Å². The zero-order chi connectivity index (χ0) is 28.4. The van der Waals surface area contributed by atoms with Crippen LogP contribution in [0.25, 0.3) is 16.6 Å². The minimum absolute atomic E-state index is 0.00198. The number of pyridine rings is 1. The van der Waals surface area contributed by atoms with Crippen molar-refractivity contribution < 1.29 is 14.2 Å². The van der Waals surface area contributed by atoms with Gasteiger partial charge in [0.25, 0.3) is 5.56 Å². The van der Waals surface area contributed by atoms with Gasteiger partial charge in [-0.15, -0.1) is 10.2 Å². The lowest BCUT2D eigenvalue weighted by molar-refractivity contribution is 0.0844. The molecular formula is C29H35ClFN5O3Si. The van der Waals surface area contributed by atoms with Crippen LogP contribution in [0.2, 0.25) is 30.7 Å². The summed E-state index contributed by atoms with van der Waals surface area (Å²) in [4.78, 5) is 14.0. The summed E-state index contributed by atoms with van der Waals surface area (Å²) in [6.07, 6.45) is 7.64. The number of aromatic nitrogens is 5. The highest BCUT2D eigenvalue weighted by atomic mass is 35.5. The first-order valence-corrected chi connectivity index (χ1v) is 17.8. The van der Waals surface area contributed by atoms with Crippen LogP contribution in [-0.2, 0) is 30.5 Å². The molecule has 2 aliphatic carbocycles. The van der Waals surface area contributed by atoms with Crippen LogP contribution in [0.1, 0.15) is 42.8 Å². The Bertz CT molecular complexity index is 1660. The number of halogens is 2. The number of hydrogen-bond acceptors (Lipinski definition) is 5. The average Bonchev–Trinajstić information content (AvgIpc) is 3.47. The lowest BCUT2D eigenvalue weighted by Gasteiger charge is -2.48. The van der Waals surface area contributed by atoms with E-state index in [9.17, 15) is 9.90 Å². The molecule has 40 heavy (non-hydrogen) atoms. The van der Waals surface area contributed by atoms with Gasteiger partial charge in [-0.2, -0.15) is 0 Å². The molecule has 212 valence electrons. The first kappa shape index (κ1) is 27.4. The molecule has 0 aliphatic heterocycles. The molecule has 2 aliphatic rings. The van der Waals surface area contributed by atoms with E-state index in [0.717, 1.165) is 30.3 Å². The van der Waals surface area contributed by atoms with Gasteiger partial charge in [-0.1, -0.05) is 43.4 Å². The van der Waals surface area contributed by atoms with Gasteiger partial charge in [0, 0.05) is 33.6 Å². The fourth-order valence-electron chi connectivity index (χ4n) is 6.37. The number of rotatable bonds is 9. The highest BCUT2D eigenvalue weighted by molar-refractivity contribution is 6.76. The minimum atomic E-state index is -1.34. The van der Waals surface area contributed by atoms with E-state index in [4.69, 9.17) is 16.3 Å². The number of fused-ring (bicyclic) bond motifs is 1. The van der Waals surface area contributed by atoms with Gasteiger partial charge in [0.2, 0.25) is 0 Å². The van der Waals surface area contributed by atoms with E-state index in [1.165, 1.54) is 28.2 Å². The summed E-state index contributed by atoms with van der Waals surface area (Å²) in [6, 6.07) is 8.80. The van der Waals surface area contributed by atoms with Gasteiger partial charge in [-0.25, -0.2) is 4.39 Å². The summed E-state index contributed by atoms with van der Waals surface area (Å²) in [5.74, 6) is 0.224. The lowest BCUT2D eigenvalue weighted by Crippen LogP contribution is -2.45. The van der Waals surface area contributed by atoms with Crippen LogP contribution in [0, 0.1) is 11.2 Å². The Morgan fingerprint density at radius 1 is 1.23 bits per heavy atom. The van der Waals surface area contributed by atoms with Crippen LogP contribution in [-0.4, -0.2) is 43.7 Å². The fourth-order valence-corrected chi connectivity index (χ4v) is 7.40. The number of hydrogen-bond donors (Lipinski definition) is 1. The summed E-state index contributed by atoms with van der Waals surface area (Å²) in [7, 11) is 0.621. The Hall–Kier alpha value is -2.79. The van der Waals surface area contributed by atoms with Crippen molar-refractivity contribution in [2.24, 2.45) is 12.5 Å². The van der Waals surface area contributed by atoms with Crippen molar-refractivity contribution in [2.75, 3.05) is 6.61 Å². The number of nitrogens with zero attached hydrogens (tertiary/aromatic N) is 5. The molecule has 0 amide bonds. The van der Waals surface area contributed by atoms with Crippen LogP contribution < -0.4 is 5.56 Å². The van der Waals surface area contributed by atoms with E-state index in [1.54, 1.807) is 6.33 Å². The molecule has 3 aromatic heterocycles. The number of aliphatic hydroxyl groups excluding tert-OH is 1. The molecule has 0 bridgehead atoms. The van der Waals surface area contributed by atoms with Gasteiger partial charge in [-0.05, 0) is 54.8 Å². The number of ether oxygens (including phenoxy) is 1. The maximum Gasteiger partial charge on any atom is 0.279 e. The van der Waals surface area contributed by atoms with Crippen LogP contribution in [0.15, 0.2) is 41.6 Å². The van der Waals surface area contributed by atoms with Gasteiger partial charge >= 0.3 is 0 Å². The third kappa shape index (κ3) is 4.45. The summed E-state index contributed by atoms with van der Waals surface area (Å²) >= 11 is 6.62. The molecule has 6 rings (SSSR count). The van der Waals surface area contributed by atoms with Gasteiger partial charge in [0.05, 0.1) is 28.1 Å². The van der Waals surface area contributed by atoms with Crippen LogP contribution in [0.3, 0.4) is 0 Å². The molecular weight excluding hydrogens is 549 g/mol. The largest absolute Gasteiger partial charge is 0.390 e. The third-order valence-corrected chi connectivity index (χ3v) is 10.7. The van der Waals surface area contributed by atoms with E-state index in [2.05, 4.69) is 35.9 Å². The Balaban J connectivity index is 1.43. The summed E-state index contributed by atoms with van der Waals surface area (Å²) in [5, 5.41) is 18.7. The van der Waals surface area contributed by atoms with Crippen LogP contribution >= 0.6 is 11.6 Å². The Morgan fingerprint density at radius 2 is 1.98 bits per heavy atom. The molecule has 0 unspecified atom stereocenters. The zero-order valence-electron chi connectivity index (χ0n) is 23.4. The number of aliphatic hydroxyl groups is 1. The Labute approximate surface area is 238 Å². The lowest BCUT2D eigenvalue weighted by atomic mass is 9.56. The fraction of sp³-hybridized carbons (Fsp3) is 0.483. The molecule has 0 atom stereocenters. The highest BCUT2D eigenvalue weighted by Gasteiger charge is 2.63. The normalized spacial score (nSPS) is 17.5. The summed E-state index contributed by atoms with van der Waals surface area (Å²) < 4.78 is 26.2. The summed E-state index contributed by atoms with van der Waals surface area (Å²) in [5.41, 5.74) is 1.43. The second-order valence-corrected chi connectivity index (χ2v) is 18.9. The SMILES string of the molecule is Cn1cnnc1C1(c2cccc(-n3cc(Cl)c4c(F)c(CO)n(COCC[Si](C)(C)C)c4c3=O)c2)CC2(CC2)C1. The standard InChI is InChI=1S/C29H35ClFN5O3Si/c1-34-17-32-33-27(34)29(15-28(16-29)8-9-28)19-6-5-7-20(12-19)35-13-21(30)23-24(31)22(14-37)36(25(23)26(35)38)18-39-10-11-40(2,3)4/h5-7,12-13,17,37H,8-11,14-16,18H2,1-4H3. The molecule has 1 aromatic carbocycles. The van der Waals surface area contributed by atoms with Crippen LogP contribution in [0.5, 0.6) is 0 Å². The topological polar surface area (TPSA) is 87.1 Å². The maximum absolute atomic E-state index is 15.4. The Morgan fingerprint density at radius 3 is 2.60 bits per heavy atom.